The minimum Gasteiger partial charge on any atom is -0.493 e. The molecule has 2 heterocycles. The number of halogens is 1. The Morgan fingerprint density at radius 3 is 2.45 bits per heavy atom. The largest absolute Gasteiger partial charge is 0.493 e. The van der Waals surface area contributed by atoms with Crippen LogP contribution in [-0.2, 0) is 10.5 Å². The number of ether oxygens (including phenoxy) is 3. The quantitative estimate of drug-likeness (QED) is 0.400. The second-order valence-electron chi connectivity index (χ2n) is 7.32. The van der Waals surface area contributed by atoms with Gasteiger partial charge in [-0.15, -0.1) is 0 Å². The zero-order valence-corrected chi connectivity index (χ0v) is 19.0. The zero-order valence-electron chi connectivity index (χ0n) is 18.2. The number of hydrogen-bond acceptors (Lipinski definition) is 7. The maximum absolute atomic E-state index is 13.4. The van der Waals surface area contributed by atoms with E-state index < -0.39 is 5.92 Å². The summed E-state index contributed by atoms with van der Waals surface area (Å²) in [5, 5.41) is 3.02. The van der Waals surface area contributed by atoms with Gasteiger partial charge in [-0.3, -0.25) is 9.59 Å². The molecular weight excluding hydrogens is 449 g/mol. The first-order valence-electron chi connectivity index (χ1n) is 10.0. The van der Waals surface area contributed by atoms with Crippen molar-refractivity contribution in [3.63, 3.8) is 0 Å². The first-order valence-corrected chi connectivity index (χ1v) is 11.0. The fourth-order valence-electron chi connectivity index (χ4n) is 3.78. The Balaban J connectivity index is 1.71. The summed E-state index contributed by atoms with van der Waals surface area (Å²) >= 11 is 1.24. The van der Waals surface area contributed by atoms with Crippen LogP contribution in [0.5, 0.6) is 17.2 Å². The molecule has 0 bridgehead atoms. The highest BCUT2D eigenvalue weighted by atomic mass is 32.2. The fourth-order valence-corrected chi connectivity index (χ4v) is 4.59. The third-order valence-electron chi connectivity index (χ3n) is 5.28. The standard InChI is InChI=1S/C23H22FN3O5S/c1-30-16-8-13(9-17(31-2)20(16)32-3)15-10-18(28)25-21-19(15)22(29)27-23(26-21)33-11-12-5-4-6-14(24)7-12/h4-9,15H,10-11H2,1-3H3,(H2,25,26,27,28,29)/t15-/m0/s1. The molecule has 1 amide bonds. The van der Waals surface area contributed by atoms with E-state index in [1.165, 1.54) is 45.2 Å². The van der Waals surface area contributed by atoms with E-state index in [0.717, 1.165) is 5.56 Å². The highest BCUT2D eigenvalue weighted by Crippen LogP contribution is 2.43. The number of aromatic amines is 1. The van der Waals surface area contributed by atoms with Crippen molar-refractivity contribution >= 4 is 23.5 Å². The Hall–Kier alpha value is -3.53. The summed E-state index contributed by atoms with van der Waals surface area (Å²) in [4.78, 5) is 32.8. The molecule has 0 radical (unpaired) electrons. The normalized spacial score (nSPS) is 14.9. The average Bonchev–Trinajstić information content (AvgIpc) is 2.81. The number of methoxy groups -OCH3 is 3. The summed E-state index contributed by atoms with van der Waals surface area (Å²) in [6.07, 6.45) is 0.0617. The van der Waals surface area contributed by atoms with Gasteiger partial charge in [0.2, 0.25) is 11.7 Å². The molecule has 0 spiro atoms. The van der Waals surface area contributed by atoms with Gasteiger partial charge in [0, 0.05) is 18.1 Å². The van der Waals surface area contributed by atoms with E-state index >= 15 is 0 Å². The van der Waals surface area contributed by atoms with Crippen LogP contribution in [-0.4, -0.2) is 37.2 Å². The van der Waals surface area contributed by atoms with Gasteiger partial charge in [0.15, 0.2) is 16.7 Å². The van der Waals surface area contributed by atoms with E-state index in [1.807, 2.05) is 0 Å². The van der Waals surface area contributed by atoms with E-state index in [0.29, 0.717) is 39.3 Å². The number of carbonyl (C=O) groups is 1. The Kier molecular flexibility index (Phi) is 6.55. The Morgan fingerprint density at radius 1 is 1.09 bits per heavy atom. The Morgan fingerprint density at radius 2 is 1.82 bits per heavy atom. The Bertz CT molecular complexity index is 1240. The smallest absolute Gasteiger partial charge is 0.257 e. The molecule has 0 fully saturated rings. The molecule has 1 aliphatic rings. The van der Waals surface area contributed by atoms with Gasteiger partial charge < -0.3 is 24.5 Å². The van der Waals surface area contributed by atoms with Gasteiger partial charge in [0.1, 0.15) is 11.6 Å². The van der Waals surface area contributed by atoms with E-state index in [1.54, 1.807) is 24.3 Å². The van der Waals surface area contributed by atoms with Crippen molar-refractivity contribution < 1.29 is 23.4 Å². The molecule has 2 aromatic carbocycles. The molecule has 8 nitrogen and oxygen atoms in total. The van der Waals surface area contributed by atoms with Gasteiger partial charge in [-0.2, -0.15) is 0 Å². The first-order chi connectivity index (χ1) is 15.9. The lowest BCUT2D eigenvalue weighted by atomic mass is 9.86. The van der Waals surface area contributed by atoms with Crippen LogP contribution in [0.2, 0.25) is 0 Å². The van der Waals surface area contributed by atoms with Crippen LogP contribution in [0.4, 0.5) is 10.2 Å². The molecule has 1 atom stereocenters. The predicted octanol–water partition coefficient (Wildman–Crippen LogP) is 3.70. The number of carbonyl (C=O) groups excluding carboxylic acids is 1. The SMILES string of the molecule is COc1cc([C@@H]2CC(=O)Nc3nc(SCc4cccc(F)c4)[nH]c(=O)c32)cc(OC)c1OC. The summed E-state index contributed by atoms with van der Waals surface area (Å²) in [7, 11) is 4.50. The number of nitrogens with one attached hydrogen (secondary N) is 2. The lowest BCUT2D eigenvalue weighted by molar-refractivity contribution is -0.116. The van der Waals surface area contributed by atoms with Crippen LogP contribution >= 0.6 is 11.8 Å². The number of anilines is 1. The summed E-state index contributed by atoms with van der Waals surface area (Å²) in [5.41, 5.74) is 1.40. The monoisotopic (exact) mass is 471 g/mol. The zero-order chi connectivity index (χ0) is 23.5. The summed E-state index contributed by atoms with van der Waals surface area (Å²) in [6.45, 7) is 0. The summed E-state index contributed by atoms with van der Waals surface area (Å²) in [6, 6.07) is 9.64. The van der Waals surface area contributed by atoms with E-state index in [9.17, 15) is 14.0 Å². The molecule has 1 aliphatic heterocycles. The second-order valence-corrected chi connectivity index (χ2v) is 8.28. The number of amides is 1. The maximum atomic E-state index is 13.4. The molecule has 0 saturated carbocycles. The van der Waals surface area contributed by atoms with Crippen LogP contribution in [0.25, 0.3) is 0 Å². The third kappa shape index (κ3) is 4.65. The lowest BCUT2D eigenvalue weighted by Gasteiger charge is -2.25. The molecular formula is C23H22FN3O5S. The number of nitrogens with zero attached hydrogens (tertiary/aromatic N) is 1. The van der Waals surface area contributed by atoms with Gasteiger partial charge >= 0.3 is 0 Å². The molecule has 2 N–H and O–H groups in total. The van der Waals surface area contributed by atoms with Crippen LogP contribution in [0.1, 0.15) is 29.0 Å². The molecule has 3 aromatic rings. The van der Waals surface area contributed by atoms with Crippen molar-refractivity contribution in [1.82, 2.24) is 9.97 Å². The average molecular weight is 472 g/mol. The lowest BCUT2D eigenvalue weighted by Crippen LogP contribution is -2.31. The molecule has 0 unspecified atom stereocenters. The first kappa shape index (κ1) is 22.7. The van der Waals surface area contributed by atoms with E-state index in [2.05, 4.69) is 15.3 Å². The van der Waals surface area contributed by atoms with Crippen LogP contribution in [0.15, 0.2) is 46.3 Å². The maximum Gasteiger partial charge on any atom is 0.257 e. The van der Waals surface area contributed by atoms with Gasteiger partial charge in [0.25, 0.3) is 5.56 Å². The molecule has 1 aromatic heterocycles. The number of aromatic nitrogens is 2. The predicted molar refractivity (Wildman–Crippen MR) is 122 cm³/mol. The number of fused-ring (bicyclic) bond motifs is 1. The number of hydrogen-bond donors (Lipinski definition) is 2. The van der Waals surface area contributed by atoms with Gasteiger partial charge in [-0.1, -0.05) is 23.9 Å². The van der Waals surface area contributed by atoms with E-state index in [-0.39, 0.29) is 29.5 Å². The van der Waals surface area contributed by atoms with Gasteiger partial charge in [-0.25, -0.2) is 9.37 Å². The molecule has 172 valence electrons. The highest BCUT2D eigenvalue weighted by Gasteiger charge is 2.32. The van der Waals surface area contributed by atoms with Crippen molar-refractivity contribution in [2.24, 2.45) is 0 Å². The molecule has 0 aliphatic carbocycles. The highest BCUT2D eigenvalue weighted by molar-refractivity contribution is 7.98. The van der Waals surface area contributed by atoms with Gasteiger partial charge in [0.05, 0.1) is 26.9 Å². The molecule has 10 heteroatoms. The number of benzene rings is 2. The molecule has 33 heavy (non-hydrogen) atoms. The summed E-state index contributed by atoms with van der Waals surface area (Å²) in [5.74, 6) is 0.721. The Labute approximate surface area is 193 Å². The fraction of sp³-hybridized carbons (Fsp3) is 0.261. The van der Waals surface area contributed by atoms with Crippen molar-refractivity contribution in [3.05, 3.63) is 69.3 Å². The summed E-state index contributed by atoms with van der Waals surface area (Å²) < 4.78 is 29.6. The van der Waals surface area contributed by atoms with Crippen LogP contribution in [0, 0.1) is 5.82 Å². The molecule has 0 saturated heterocycles. The van der Waals surface area contributed by atoms with Crippen molar-refractivity contribution in [2.75, 3.05) is 26.6 Å². The van der Waals surface area contributed by atoms with Crippen molar-refractivity contribution in [2.45, 2.75) is 23.2 Å². The van der Waals surface area contributed by atoms with Crippen molar-refractivity contribution in [1.29, 1.82) is 0 Å². The van der Waals surface area contributed by atoms with Crippen LogP contribution in [0.3, 0.4) is 0 Å². The van der Waals surface area contributed by atoms with Crippen LogP contribution < -0.4 is 25.1 Å². The molecule has 4 rings (SSSR count). The second kappa shape index (κ2) is 9.53. The third-order valence-corrected chi connectivity index (χ3v) is 6.23. The minimum atomic E-state index is -0.555. The van der Waals surface area contributed by atoms with Gasteiger partial charge in [-0.05, 0) is 35.4 Å². The number of rotatable bonds is 7. The minimum absolute atomic E-state index is 0.0617. The number of H-pyrrole nitrogens is 1. The van der Waals surface area contributed by atoms with Crippen molar-refractivity contribution in [3.8, 4) is 17.2 Å². The van der Waals surface area contributed by atoms with E-state index in [4.69, 9.17) is 14.2 Å². The topological polar surface area (TPSA) is 103 Å². The number of thioether (sulfide) groups is 1.